The summed E-state index contributed by atoms with van der Waals surface area (Å²) in [5.41, 5.74) is 1.05. The van der Waals surface area contributed by atoms with Gasteiger partial charge in [0.15, 0.2) is 22.9 Å². The number of aryl methyl sites for hydroxylation is 1. The van der Waals surface area contributed by atoms with Crippen molar-refractivity contribution in [3.8, 4) is 28.7 Å². The Balaban J connectivity index is 1.54. The van der Waals surface area contributed by atoms with Crippen molar-refractivity contribution in [3.05, 3.63) is 54.6 Å². The van der Waals surface area contributed by atoms with Crippen LogP contribution in [-0.4, -0.2) is 46.5 Å². The van der Waals surface area contributed by atoms with E-state index in [9.17, 15) is 4.79 Å². The Bertz CT molecular complexity index is 1300. The van der Waals surface area contributed by atoms with Gasteiger partial charge in [-0.05, 0) is 38.1 Å². The lowest BCUT2D eigenvalue weighted by Gasteiger charge is -2.12. The van der Waals surface area contributed by atoms with E-state index in [1.165, 1.54) is 12.4 Å². The molecule has 0 saturated heterocycles. The lowest BCUT2D eigenvalue weighted by molar-refractivity contribution is 0.101. The van der Waals surface area contributed by atoms with Gasteiger partial charge in [-0.25, -0.2) is 4.98 Å². The van der Waals surface area contributed by atoms with E-state index in [0.717, 1.165) is 5.39 Å². The Morgan fingerprint density at radius 1 is 0.971 bits per heavy atom. The van der Waals surface area contributed by atoms with E-state index >= 15 is 0 Å². The van der Waals surface area contributed by atoms with Crippen LogP contribution in [0.4, 0.5) is 5.82 Å². The smallest absolute Gasteiger partial charge is 0.278 e. The quantitative estimate of drug-likeness (QED) is 0.391. The molecule has 1 N–H and O–H groups in total. The molecule has 3 aromatic heterocycles. The highest BCUT2D eigenvalue weighted by Gasteiger charge is 2.20. The molecule has 4 aromatic rings. The standard InChI is InChI=1S/C24H25N5O5/c1-5-29-23(21(14-27-29)33-6-2)24(30)28-22-8-7-15(13-26-22)34-18-9-10-25-17-12-20(32-4)19(31-3)11-16(17)18/h7-14H,5-6H2,1-4H3,(H,26,28,30). The number of rotatable bonds is 9. The van der Waals surface area contributed by atoms with Gasteiger partial charge in [0.25, 0.3) is 5.91 Å². The molecular formula is C24H25N5O5. The summed E-state index contributed by atoms with van der Waals surface area (Å²) in [6.45, 7) is 4.72. The molecular weight excluding hydrogens is 438 g/mol. The van der Waals surface area contributed by atoms with Crippen LogP contribution in [-0.2, 0) is 6.54 Å². The summed E-state index contributed by atoms with van der Waals surface area (Å²) in [4.78, 5) is 21.5. The Morgan fingerprint density at radius 2 is 1.76 bits per heavy atom. The zero-order chi connectivity index (χ0) is 24.1. The fourth-order valence-corrected chi connectivity index (χ4v) is 3.45. The summed E-state index contributed by atoms with van der Waals surface area (Å²) in [7, 11) is 3.14. The largest absolute Gasteiger partial charge is 0.493 e. The third kappa shape index (κ3) is 4.56. The van der Waals surface area contributed by atoms with E-state index in [-0.39, 0.29) is 5.91 Å². The van der Waals surface area contributed by atoms with Crippen LogP contribution in [0.5, 0.6) is 28.7 Å². The number of pyridine rings is 2. The molecule has 0 aliphatic heterocycles. The zero-order valence-corrected chi connectivity index (χ0v) is 19.4. The third-order valence-electron chi connectivity index (χ3n) is 5.03. The van der Waals surface area contributed by atoms with E-state index < -0.39 is 0 Å². The highest BCUT2D eigenvalue weighted by Crippen LogP contribution is 2.36. The topological polar surface area (TPSA) is 110 Å². The predicted molar refractivity (Wildman–Crippen MR) is 126 cm³/mol. The van der Waals surface area contributed by atoms with Gasteiger partial charge in [0.05, 0.1) is 38.7 Å². The maximum Gasteiger partial charge on any atom is 0.278 e. The average molecular weight is 463 g/mol. The number of amides is 1. The molecule has 34 heavy (non-hydrogen) atoms. The van der Waals surface area contributed by atoms with Gasteiger partial charge in [0, 0.05) is 24.2 Å². The van der Waals surface area contributed by atoms with Crippen molar-refractivity contribution in [1.29, 1.82) is 0 Å². The van der Waals surface area contributed by atoms with Crippen LogP contribution in [0.3, 0.4) is 0 Å². The number of benzene rings is 1. The van der Waals surface area contributed by atoms with Gasteiger partial charge in [-0.2, -0.15) is 5.10 Å². The van der Waals surface area contributed by atoms with Crippen LogP contribution in [0.25, 0.3) is 10.9 Å². The van der Waals surface area contributed by atoms with E-state index in [4.69, 9.17) is 18.9 Å². The molecule has 0 fully saturated rings. The number of carbonyl (C=O) groups excluding carboxylic acids is 1. The average Bonchev–Trinajstić information content (AvgIpc) is 3.27. The molecule has 4 rings (SSSR count). The van der Waals surface area contributed by atoms with E-state index in [0.29, 0.717) is 58.9 Å². The molecule has 0 bridgehead atoms. The SMILES string of the molecule is CCOc1cnn(CC)c1C(=O)Nc1ccc(Oc2ccnc3cc(OC)c(OC)cc23)cn1. The first-order valence-corrected chi connectivity index (χ1v) is 10.7. The fraction of sp³-hybridized carbons (Fsp3) is 0.250. The minimum absolute atomic E-state index is 0.346. The summed E-state index contributed by atoms with van der Waals surface area (Å²) in [6.07, 6.45) is 4.72. The first-order valence-electron chi connectivity index (χ1n) is 10.7. The zero-order valence-electron chi connectivity index (χ0n) is 19.4. The number of hydrogen-bond acceptors (Lipinski definition) is 8. The number of nitrogens with one attached hydrogen (secondary N) is 1. The van der Waals surface area contributed by atoms with Gasteiger partial charge in [-0.3, -0.25) is 14.5 Å². The molecule has 0 saturated carbocycles. The molecule has 0 aliphatic carbocycles. The Hall–Kier alpha value is -4.34. The minimum Gasteiger partial charge on any atom is -0.493 e. The number of aromatic nitrogens is 4. The van der Waals surface area contributed by atoms with Gasteiger partial charge in [0.1, 0.15) is 17.3 Å². The Labute approximate surface area is 196 Å². The van der Waals surface area contributed by atoms with Crippen LogP contribution in [0, 0.1) is 0 Å². The van der Waals surface area contributed by atoms with E-state index in [1.54, 1.807) is 49.4 Å². The van der Waals surface area contributed by atoms with E-state index in [1.807, 2.05) is 19.9 Å². The van der Waals surface area contributed by atoms with Crippen LogP contribution >= 0.6 is 0 Å². The van der Waals surface area contributed by atoms with Crippen molar-refractivity contribution >= 4 is 22.6 Å². The van der Waals surface area contributed by atoms with Crippen molar-refractivity contribution in [2.24, 2.45) is 0 Å². The van der Waals surface area contributed by atoms with Gasteiger partial charge < -0.3 is 24.3 Å². The molecule has 3 heterocycles. The van der Waals surface area contributed by atoms with Crippen LogP contribution in [0.1, 0.15) is 24.3 Å². The summed E-state index contributed by atoms with van der Waals surface area (Å²) >= 11 is 0. The second-order valence-electron chi connectivity index (χ2n) is 7.07. The molecule has 1 aromatic carbocycles. The van der Waals surface area contributed by atoms with Crippen molar-refractivity contribution < 1.29 is 23.7 Å². The molecule has 176 valence electrons. The second-order valence-corrected chi connectivity index (χ2v) is 7.07. The molecule has 0 aliphatic rings. The fourth-order valence-electron chi connectivity index (χ4n) is 3.45. The maximum atomic E-state index is 12.8. The number of anilines is 1. The second kappa shape index (κ2) is 10.1. The summed E-state index contributed by atoms with van der Waals surface area (Å²) in [6, 6.07) is 8.73. The molecule has 10 heteroatoms. The van der Waals surface area contributed by atoms with Crippen molar-refractivity contribution in [2.45, 2.75) is 20.4 Å². The van der Waals surface area contributed by atoms with Crippen molar-refractivity contribution in [3.63, 3.8) is 0 Å². The number of carbonyl (C=O) groups is 1. The molecule has 0 unspecified atom stereocenters. The first-order chi connectivity index (χ1) is 16.6. The molecule has 10 nitrogen and oxygen atoms in total. The number of hydrogen-bond donors (Lipinski definition) is 1. The monoisotopic (exact) mass is 463 g/mol. The van der Waals surface area contributed by atoms with Gasteiger partial charge in [0.2, 0.25) is 0 Å². The number of ether oxygens (including phenoxy) is 4. The number of fused-ring (bicyclic) bond motifs is 1. The maximum absolute atomic E-state index is 12.8. The van der Waals surface area contributed by atoms with Crippen LogP contribution < -0.4 is 24.3 Å². The first kappa shape index (κ1) is 22.8. The van der Waals surface area contributed by atoms with Gasteiger partial charge in [-0.15, -0.1) is 0 Å². The Morgan fingerprint density at radius 3 is 2.44 bits per heavy atom. The normalized spacial score (nSPS) is 10.7. The molecule has 1 amide bonds. The number of methoxy groups -OCH3 is 2. The highest BCUT2D eigenvalue weighted by atomic mass is 16.5. The van der Waals surface area contributed by atoms with Crippen molar-refractivity contribution in [1.82, 2.24) is 19.7 Å². The lowest BCUT2D eigenvalue weighted by atomic mass is 10.2. The van der Waals surface area contributed by atoms with Crippen molar-refractivity contribution in [2.75, 3.05) is 26.1 Å². The summed E-state index contributed by atoms with van der Waals surface area (Å²) in [5.74, 6) is 2.67. The summed E-state index contributed by atoms with van der Waals surface area (Å²) in [5, 5.41) is 7.73. The third-order valence-corrected chi connectivity index (χ3v) is 5.03. The highest BCUT2D eigenvalue weighted by molar-refractivity contribution is 6.04. The lowest BCUT2D eigenvalue weighted by Crippen LogP contribution is -2.19. The van der Waals surface area contributed by atoms with Crippen LogP contribution in [0.2, 0.25) is 0 Å². The Kier molecular flexibility index (Phi) is 6.77. The molecule has 0 radical (unpaired) electrons. The predicted octanol–water partition coefficient (Wildman–Crippen LogP) is 4.31. The van der Waals surface area contributed by atoms with Crippen LogP contribution in [0.15, 0.2) is 48.9 Å². The number of nitrogens with zero attached hydrogens (tertiary/aromatic N) is 4. The molecule has 0 atom stereocenters. The van der Waals surface area contributed by atoms with Gasteiger partial charge in [-0.1, -0.05) is 0 Å². The van der Waals surface area contributed by atoms with E-state index in [2.05, 4.69) is 20.4 Å². The molecule has 0 spiro atoms. The summed E-state index contributed by atoms with van der Waals surface area (Å²) < 4.78 is 23.9. The van der Waals surface area contributed by atoms with Gasteiger partial charge >= 0.3 is 0 Å². The minimum atomic E-state index is -0.356.